The van der Waals surface area contributed by atoms with Gasteiger partial charge in [0.2, 0.25) is 0 Å². The number of para-hydroxylation sites is 1. The van der Waals surface area contributed by atoms with Crippen LogP contribution in [0.3, 0.4) is 0 Å². The fraction of sp³-hybridized carbons (Fsp3) is 0.105. The summed E-state index contributed by atoms with van der Waals surface area (Å²) < 4.78 is 37.8. The minimum Gasteiger partial charge on any atom is -0.340 e. The summed E-state index contributed by atoms with van der Waals surface area (Å²) in [5.74, 6) is 0.274. The molecule has 5 nitrogen and oxygen atoms in total. The largest absolute Gasteiger partial charge is 0.416 e. The Morgan fingerprint density at radius 1 is 0.926 bits per heavy atom. The Balaban J connectivity index is 1.76. The lowest BCUT2D eigenvalue weighted by Gasteiger charge is -2.10. The molecule has 0 saturated carbocycles. The predicted octanol–water partition coefficient (Wildman–Crippen LogP) is 4.80. The van der Waals surface area contributed by atoms with Crippen LogP contribution in [0.1, 0.15) is 21.9 Å². The number of aryl methyl sites for hydroxylation is 1. The number of rotatable bonds is 4. The van der Waals surface area contributed by atoms with E-state index in [4.69, 9.17) is 0 Å². The van der Waals surface area contributed by atoms with Crippen LogP contribution in [0.15, 0.2) is 60.7 Å². The summed E-state index contributed by atoms with van der Waals surface area (Å²) in [7, 11) is 0. The fourth-order valence-corrected chi connectivity index (χ4v) is 2.36. The van der Waals surface area contributed by atoms with Gasteiger partial charge in [-0.25, -0.2) is 9.97 Å². The molecule has 1 heterocycles. The number of halogens is 3. The van der Waals surface area contributed by atoms with Crippen molar-refractivity contribution >= 4 is 23.1 Å². The van der Waals surface area contributed by atoms with E-state index in [0.29, 0.717) is 11.6 Å². The van der Waals surface area contributed by atoms with Gasteiger partial charge in [-0.3, -0.25) is 4.79 Å². The van der Waals surface area contributed by atoms with Crippen molar-refractivity contribution in [2.45, 2.75) is 13.1 Å². The highest BCUT2D eigenvalue weighted by molar-refractivity contribution is 6.03. The molecule has 0 aliphatic rings. The van der Waals surface area contributed by atoms with Crippen molar-refractivity contribution in [3.63, 3.8) is 0 Å². The van der Waals surface area contributed by atoms with Gasteiger partial charge in [-0.1, -0.05) is 18.2 Å². The molecule has 0 saturated heterocycles. The van der Waals surface area contributed by atoms with Crippen LogP contribution in [0.25, 0.3) is 0 Å². The zero-order valence-electron chi connectivity index (χ0n) is 14.2. The van der Waals surface area contributed by atoms with Crippen LogP contribution < -0.4 is 10.6 Å². The van der Waals surface area contributed by atoms with E-state index < -0.39 is 17.6 Å². The number of benzene rings is 2. The maximum absolute atomic E-state index is 12.6. The molecule has 1 amide bonds. The van der Waals surface area contributed by atoms with E-state index in [2.05, 4.69) is 20.6 Å². The van der Waals surface area contributed by atoms with Gasteiger partial charge in [-0.15, -0.1) is 0 Å². The van der Waals surface area contributed by atoms with Gasteiger partial charge in [0.25, 0.3) is 5.91 Å². The van der Waals surface area contributed by atoms with Crippen molar-refractivity contribution in [3.05, 3.63) is 77.7 Å². The Kier molecular flexibility index (Phi) is 5.07. The molecule has 138 valence electrons. The molecule has 0 unspecified atom stereocenters. The van der Waals surface area contributed by atoms with E-state index in [-0.39, 0.29) is 11.4 Å². The van der Waals surface area contributed by atoms with Gasteiger partial charge in [0.1, 0.15) is 17.3 Å². The third-order valence-electron chi connectivity index (χ3n) is 3.59. The second kappa shape index (κ2) is 7.45. The summed E-state index contributed by atoms with van der Waals surface area (Å²) in [6, 6.07) is 14.9. The number of alkyl halides is 3. The van der Waals surface area contributed by atoms with Gasteiger partial charge in [-0.2, -0.15) is 13.2 Å². The maximum atomic E-state index is 12.6. The molecular formula is C19H15F3N4O. The number of aromatic nitrogens is 2. The van der Waals surface area contributed by atoms with Gasteiger partial charge in [0, 0.05) is 17.4 Å². The second-order valence-corrected chi connectivity index (χ2v) is 5.71. The molecule has 3 aromatic rings. The smallest absolute Gasteiger partial charge is 0.340 e. The zero-order chi connectivity index (χ0) is 19.4. The SMILES string of the molecule is Cc1nc(Nc2ccccc2)cc(C(=O)Nc2ccc(C(F)(F)F)cc2)n1. The molecule has 0 bridgehead atoms. The quantitative estimate of drug-likeness (QED) is 0.690. The second-order valence-electron chi connectivity index (χ2n) is 5.71. The highest BCUT2D eigenvalue weighted by Crippen LogP contribution is 2.29. The highest BCUT2D eigenvalue weighted by atomic mass is 19.4. The molecular weight excluding hydrogens is 357 g/mol. The zero-order valence-corrected chi connectivity index (χ0v) is 14.2. The summed E-state index contributed by atoms with van der Waals surface area (Å²) in [6.45, 7) is 1.64. The number of nitrogens with zero attached hydrogens (tertiary/aromatic N) is 2. The van der Waals surface area contributed by atoms with Crippen molar-refractivity contribution in [2.75, 3.05) is 10.6 Å². The van der Waals surface area contributed by atoms with Crippen LogP contribution in [0, 0.1) is 6.92 Å². The molecule has 1 aromatic heterocycles. The van der Waals surface area contributed by atoms with E-state index in [1.54, 1.807) is 6.92 Å². The van der Waals surface area contributed by atoms with Crippen LogP contribution in [0.4, 0.5) is 30.4 Å². The number of carbonyl (C=O) groups is 1. The Bertz CT molecular complexity index is 941. The molecule has 0 fully saturated rings. The molecule has 0 atom stereocenters. The number of hydrogen-bond donors (Lipinski definition) is 2. The molecule has 8 heteroatoms. The molecule has 2 N–H and O–H groups in total. The van der Waals surface area contributed by atoms with Crippen LogP contribution in [-0.2, 0) is 6.18 Å². The molecule has 0 aliphatic carbocycles. The van der Waals surface area contributed by atoms with Crippen molar-refractivity contribution in [1.29, 1.82) is 0 Å². The Morgan fingerprint density at radius 3 is 2.22 bits per heavy atom. The number of nitrogens with one attached hydrogen (secondary N) is 2. The van der Waals surface area contributed by atoms with Crippen LogP contribution in [0.5, 0.6) is 0 Å². The third-order valence-corrected chi connectivity index (χ3v) is 3.59. The van der Waals surface area contributed by atoms with E-state index >= 15 is 0 Å². The molecule has 3 rings (SSSR count). The lowest BCUT2D eigenvalue weighted by Crippen LogP contribution is -2.15. The first kappa shape index (κ1) is 18.4. The van der Waals surface area contributed by atoms with E-state index in [1.807, 2.05) is 30.3 Å². The maximum Gasteiger partial charge on any atom is 0.416 e. The van der Waals surface area contributed by atoms with Gasteiger partial charge in [0.05, 0.1) is 5.56 Å². The minimum atomic E-state index is -4.43. The van der Waals surface area contributed by atoms with Gasteiger partial charge in [-0.05, 0) is 43.3 Å². The fourth-order valence-electron chi connectivity index (χ4n) is 2.36. The summed E-state index contributed by atoms with van der Waals surface area (Å²) >= 11 is 0. The topological polar surface area (TPSA) is 66.9 Å². The summed E-state index contributed by atoms with van der Waals surface area (Å²) in [4.78, 5) is 20.7. The van der Waals surface area contributed by atoms with Gasteiger partial charge >= 0.3 is 6.18 Å². The molecule has 0 radical (unpaired) electrons. The lowest BCUT2D eigenvalue weighted by molar-refractivity contribution is -0.137. The van der Waals surface area contributed by atoms with Gasteiger partial charge < -0.3 is 10.6 Å². The normalized spacial score (nSPS) is 11.1. The Morgan fingerprint density at radius 2 is 1.59 bits per heavy atom. The van der Waals surface area contributed by atoms with E-state index in [0.717, 1.165) is 17.8 Å². The first-order chi connectivity index (χ1) is 12.8. The van der Waals surface area contributed by atoms with E-state index in [1.165, 1.54) is 18.2 Å². The van der Waals surface area contributed by atoms with Crippen LogP contribution in [-0.4, -0.2) is 15.9 Å². The molecule has 0 aliphatic heterocycles. The Hall–Kier alpha value is -3.42. The van der Waals surface area contributed by atoms with Crippen molar-refractivity contribution in [2.24, 2.45) is 0 Å². The summed E-state index contributed by atoms with van der Waals surface area (Å²) in [5.41, 5.74) is 0.347. The molecule has 27 heavy (non-hydrogen) atoms. The lowest BCUT2D eigenvalue weighted by atomic mass is 10.2. The van der Waals surface area contributed by atoms with Crippen molar-refractivity contribution in [3.8, 4) is 0 Å². The molecule has 2 aromatic carbocycles. The van der Waals surface area contributed by atoms with Crippen molar-refractivity contribution < 1.29 is 18.0 Å². The first-order valence-corrected chi connectivity index (χ1v) is 7.97. The summed E-state index contributed by atoms with van der Waals surface area (Å²) in [5, 5.41) is 5.60. The van der Waals surface area contributed by atoms with Crippen LogP contribution >= 0.6 is 0 Å². The Labute approximate surface area is 153 Å². The highest BCUT2D eigenvalue weighted by Gasteiger charge is 2.30. The average molecular weight is 372 g/mol. The summed E-state index contributed by atoms with van der Waals surface area (Å²) in [6.07, 6.45) is -4.43. The monoisotopic (exact) mass is 372 g/mol. The van der Waals surface area contributed by atoms with Gasteiger partial charge in [0.15, 0.2) is 0 Å². The third kappa shape index (κ3) is 4.81. The minimum absolute atomic E-state index is 0.0980. The number of hydrogen-bond acceptors (Lipinski definition) is 4. The number of amides is 1. The van der Waals surface area contributed by atoms with Crippen LogP contribution in [0.2, 0.25) is 0 Å². The van der Waals surface area contributed by atoms with E-state index in [9.17, 15) is 18.0 Å². The first-order valence-electron chi connectivity index (χ1n) is 7.97. The molecule has 0 spiro atoms. The van der Waals surface area contributed by atoms with Crippen molar-refractivity contribution in [1.82, 2.24) is 9.97 Å². The average Bonchev–Trinajstić information content (AvgIpc) is 2.62. The number of anilines is 3. The predicted molar refractivity (Wildman–Crippen MR) is 95.9 cm³/mol. The standard InChI is InChI=1S/C19H15F3N4O/c1-12-23-16(11-17(24-12)25-14-5-3-2-4-6-14)18(27)26-15-9-7-13(8-10-15)19(20,21)22/h2-11H,1H3,(H,26,27)(H,23,24,25). The number of carbonyl (C=O) groups excluding carboxylic acids is 1.